The molecular weight excluding hydrogens is 284 g/mol. The van der Waals surface area contributed by atoms with Gasteiger partial charge in [-0.3, -0.25) is 0 Å². The highest BCUT2D eigenvalue weighted by molar-refractivity contribution is 5.71. The van der Waals surface area contributed by atoms with Crippen LogP contribution in [-0.2, 0) is 6.61 Å². The molecule has 3 heteroatoms. The van der Waals surface area contributed by atoms with Gasteiger partial charge in [-0.15, -0.1) is 0 Å². The normalized spacial score (nSPS) is 10.9. The molecule has 0 heterocycles. The van der Waals surface area contributed by atoms with Crippen LogP contribution in [0.25, 0.3) is 16.5 Å². The number of benzene rings is 2. The van der Waals surface area contributed by atoms with Gasteiger partial charge in [-0.05, 0) is 41.3 Å². The molecule has 0 aliphatic carbocycles. The third-order valence-corrected chi connectivity index (χ3v) is 3.48. The molecule has 0 radical (unpaired) electrons. The molecule has 0 aromatic heterocycles. The maximum atomic E-state index is 8.91. The van der Waals surface area contributed by atoms with E-state index in [1.807, 2.05) is 54.6 Å². The molecule has 0 amide bonds. The number of rotatable bonds is 5. The second-order valence-electron chi connectivity index (χ2n) is 4.96. The highest BCUT2D eigenvalue weighted by Crippen LogP contribution is 2.22. The molecule has 0 bridgehead atoms. The first-order valence-corrected chi connectivity index (χ1v) is 7.11. The fourth-order valence-electron chi connectivity index (χ4n) is 2.05. The second-order valence-corrected chi connectivity index (χ2v) is 4.96. The van der Waals surface area contributed by atoms with Crippen LogP contribution in [0.1, 0.15) is 23.6 Å². The average molecular weight is 300 g/mol. The topological polar surface area (TPSA) is 37.4 Å². The Morgan fingerprint density at radius 2 is 1.87 bits per heavy atom. The van der Waals surface area contributed by atoms with E-state index < -0.39 is 0 Å². The Morgan fingerprint density at radius 1 is 1.22 bits per heavy atom. The minimum absolute atomic E-state index is 0.112. The van der Waals surface area contributed by atoms with E-state index in [0.717, 1.165) is 22.4 Å². The van der Waals surface area contributed by atoms with Crippen molar-refractivity contribution in [2.45, 2.75) is 13.5 Å². The lowest BCUT2D eigenvalue weighted by molar-refractivity contribution is 0.306. The number of ether oxygens (including phenoxy) is 1. The Hall–Kier alpha value is -3.30. The summed E-state index contributed by atoms with van der Waals surface area (Å²) in [5.41, 5.74) is 3.79. The minimum Gasteiger partial charge on any atom is -0.489 e. The molecule has 0 fully saturated rings. The monoisotopic (exact) mass is 300 g/mol. The van der Waals surface area contributed by atoms with E-state index in [1.54, 1.807) is 13.0 Å². The van der Waals surface area contributed by atoms with Crippen molar-refractivity contribution in [1.29, 1.82) is 5.26 Å². The summed E-state index contributed by atoms with van der Waals surface area (Å²) in [4.78, 5) is 3.23. The lowest BCUT2D eigenvalue weighted by Crippen LogP contribution is -1.95. The van der Waals surface area contributed by atoms with Crippen molar-refractivity contribution in [3.8, 4) is 11.8 Å². The van der Waals surface area contributed by atoms with E-state index in [9.17, 15) is 0 Å². The quantitative estimate of drug-likeness (QED) is 0.570. The largest absolute Gasteiger partial charge is 0.489 e. The van der Waals surface area contributed by atoms with Gasteiger partial charge in [0.1, 0.15) is 12.4 Å². The molecule has 0 unspecified atom stereocenters. The summed E-state index contributed by atoms with van der Waals surface area (Å²) >= 11 is 0. The molecule has 0 aliphatic heterocycles. The summed E-state index contributed by atoms with van der Waals surface area (Å²) in [7, 11) is 0. The second kappa shape index (κ2) is 7.64. The van der Waals surface area contributed by atoms with Crippen LogP contribution in [0.4, 0.5) is 0 Å². The van der Waals surface area contributed by atoms with Gasteiger partial charge in [0.2, 0.25) is 0 Å². The molecule has 112 valence electrons. The maximum absolute atomic E-state index is 8.91. The first-order chi connectivity index (χ1) is 11.2. The maximum Gasteiger partial charge on any atom is 0.265 e. The average Bonchev–Trinajstić information content (AvgIpc) is 2.61. The van der Waals surface area contributed by atoms with Crippen molar-refractivity contribution in [1.82, 2.24) is 0 Å². The molecular formula is C20H16N2O. The highest BCUT2D eigenvalue weighted by atomic mass is 16.5. The van der Waals surface area contributed by atoms with Crippen LogP contribution in [0.5, 0.6) is 5.75 Å². The van der Waals surface area contributed by atoms with E-state index in [0.29, 0.717) is 12.2 Å². The Labute approximate surface area is 136 Å². The predicted molar refractivity (Wildman–Crippen MR) is 92.1 cm³/mol. The molecule has 0 saturated carbocycles. The molecule has 0 aliphatic rings. The van der Waals surface area contributed by atoms with Gasteiger partial charge >= 0.3 is 0 Å². The summed E-state index contributed by atoms with van der Waals surface area (Å²) in [6, 6.07) is 17.3. The molecule has 3 nitrogen and oxygen atoms in total. The van der Waals surface area contributed by atoms with Gasteiger partial charge in [0.15, 0.2) is 0 Å². The van der Waals surface area contributed by atoms with Gasteiger partial charge in [0.05, 0.1) is 12.6 Å². The predicted octanol–water partition coefficient (Wildman–Crippen LogP) is 5.08. The number of allylic oxidation sites excluding steroid dienone is 2. The Kier molecular flexibility index (Phi) is 5.34. The van der Waals surface area contributed by atoms with Crippen LogP contribution < -0.4 is 4.74 Å². The first kappa shape index (κ1) is 16.1. The standard InChI is InChI=1S/C20H16N2O/c1-4-16-5-7-17(8-6-16)14-23-19-11-9-18(10-12-19)15(2)20(13-21)22-3/h4-12H,1,14H2,2H3/b20-15-. The summed E-state index contributed by atoms with van der Waals surface area (Å²) in [5.74, 6) is 0.746. The lowest BCUT2D eigenvalue weighted by Gasteiger charge is -2.08. The van der Waals surface area contributed by atoms with Crippen LogP contribution in [-0.4, -0.2) is 0 Å². The van der Waals surface area contributed by atoms with Crippen molar-refractivity contribution in [3.05, 3.63) is 88.9 Å². The molecule has 0 spiro atoms. The van der Waals surface area contributed by atoms with Crippen molar-refractivity contribution in [3.63, 3.8) is 0 Å². The fraction of sp³-hybridized carbons (Fsp3) is 0.100. The van der Waals surface area contributed by atoms with E-state index in [1.165, 1.54) is 0 Å². The molecule has 0 saturated heterocycles. The van der Waals surface area contributed by atoms with Crippen molar-refractivity contribution in [2.75, 3.05) is 0 Å². The smallest absolute Gasteiger partial charge is 0.265 e. The van der Waals surface area contributed by atoms with E-state index in [-0.39, 0.29) is 5.70 Å². The van der Waals surface area contributed by atoms with Crippen molar-refractivity contribution >= 4 is 11.6 Å². The van der Waals surface area contributed by atoms with E-state index in [4.69, 9.17) is 16.6 Å². The van der Waals surface area contributed by atoms with Gasteiger partial charge in [-0.2, -0.15) is 0 Å². The zero-order valence-electron chi connectivity index (χ0n) is 12.9. The van der Waals surface area contributed by atoms with Crippen LogP contribution >= 0.6 is 0 Å². The number of hydrogen-bond acceptors (Lipinski definition) is 2. The molecule has 23 heavy (non-hydrogen) atoms. The third kappa shape index (κ3) is 4.09. The van der Waals surface area contributed by atoms with Crippen molar-refractivity contribution in [2.24, 2.45) is 0 Å². The molecule has 2 aromatic carbocycles. The summed E-state index contributed by atoms with van der Waals surface area (Å²) in [6.45, 7) is 13.0. The van der Waals surface area contributed by atoms with E-state index in [2.05, 4.69) is 11.4 Å². The summed E-state index contributed by atoms with van der Waals surface area (Å²) in [5, 5.41) is 8.91. The Morgan fingerprint density at radius 3 is 2.39 bits per heavy atom. The number of nitrogens with zero attached hydrogens (tertiary/aromatic N) is 2. The number of nitriles is 1. The number of hydrogen-bond donors (Lipinski definition) is 0. The fourth-order valence-corrected chi connectivity index (χ4v) is 2.05. The first-order valence-electron chi connectivity index (χ1n) is 7.11. The van der Waals surface area contributed by atoms with Crippen LogP contribution in [0, 0.1) is 17.9 Å². The van der Waals surface area contributed by atoms with Gasteiger partial charge in [-0.25, -0.2) is 10.1 Å². The minimum atomic E-state index is 0.112. The highest BCUT2D eigenvalue weighted by Gasteiger charge is 2.04. The SMILES string of the molecule is [C-]#[N+]/C(C#N)=C(/C)c1ccc(OCc2ccc(C=C)cc2)cc1. The third-order valence-electron chi connectivity index (χ3n) is 3.48. The van der Waals surface area contributed by atoms with Gasteiger partial charge in [-0.1, -0.05) is 49.1 Å². The van der Waals surface area contributed by atoms with Gasteiger partial charge in [0, 0.05) is 0 Å². The van der Waals surface area contributed by atoms with Crippen LogP contribution in [0.2, 0.25) is 0 Å². The van der Waals surface area contributed by atoms with Crippen LogP contribution in [0.15, 0.2) is 60.8 Å². The van der Waals surface area contributed by atoms with E-state index >= 15 is 0 Å². The molecule has 2 rings (SSSR count). The Balaban J connectivity index is 2.06. The summed E-state index contributed by atoms with van der Waals surface area (Å²) < 4.78 is 5.75. The van der Waals surface area contributed by atoms with Gasteiger partial charge < -0.3 is 4.74 Å². The van der Waals surface area contributed by atoms with Crippen LogP contribution in [0.3, 0.4) is 0 Å². The Bertz CT molecular complexity index is 785. The lowest BCUT2D eigenvalue weighted by atomic mass is 10.1. The summed E-state index contributed by atoms with van der Waals surface area (Å²) in [6.07, 6.45) is 1.80. The van der Waals surface area contributed by atoms with Gasteiger partial charge in [0.25, 0.3) is 5.70 Å². The molecule has 0 N–H and O–H groups in total. The molecule has 0 atom stereocenters. The van der Waals surface area contributed by atoms with Crippen molar-refractivity contribution < 1.29 is 4.74 Å². The zero-order valence-corrected chi connectivity index (χ0v) is 12.9. The molecule has 2 aromatic rings. The zero-order chi connectivity index (χ0) is 16.7.